The molecule has 0 fully saturated rings. The maximum Gasteiger partial charge on any atom is 0.265 e. The molecule has 1 atom stereocenters. The van der Waals surface area contributed by atoms with Gasteiger partial charge in [-0.05, 0) is 44.9 Å². The molecule has 1 heterocycles. The molecule has 0 saturated carbocycles. The minimum absolute atomic E-state index is 0.139. The summed E-state index contributed by atoms with van der Waals surface area (Å²) in [5, 5.41) is 4.16. The van der Waals surface area contributed by atoms with Gasteiger partial charge in [-0.1, -0.05) is 31.5 Å². The summed E-state index contributed by atoms with van der Waals surface area (Å²) in [5.41, 5.74) is 2.36. The number of aromatic nitrogens is 2. The Labute approximate surface area is 142 Å². The highest BCUT2D eigenvalue weighted by atomic mass is 32.2. The van der Waals surface area contributed by atoms with Gasteiger partial charge in [0.25, 0.3) is 5.91 Å². The quantitative estimate of drug-likeness (QED) is 0.899. The first-order valence-electron chi connectivity index (χ1n) is 7.78. The van der Waals surface area contributed by atoms with Crippen molar-refractivity contribution in [1.29, 1.82) is 0 Å². The Balaban J connectivity index is 2.33. The number of nitrogens with one attached hydrogen (secondary N) is 1. The fourth-order valence-electron chi connectivity index (χ4n) is 2.41. The molecule has 0 aliphatic rings. The first kappa shape index (κ1) is 18.4. The van der Waals surface area contributed by atoms with Gasteiger partial charge < -0.3 is 0 Å². The fourth-order valence-corrected chi connectivity index (χ4v) is 3.75. The van der Waals surface area contributed by atoms with E-state index >= 15 is 0 Å². The number of aryl methyl sites for hydroxylation is 3. The molecule has 0 radical (unpaired) electrons. The Morgan fingerprint density at radius 1 is 1.12 bits per heavy atom. The van der Waals surface area contributed by atoms with Gasteiger partial charge in [-0.25, -0.2) is 13.1 Å². The average molecular weight is 349 g/mol. The molecule has 24 heavy (non-hydrogen) atoms. The number of hydrogen-bond donors (Lipinski definition) is 1. The number of carbonyl (C=O) groups excluding carboxylic acids is 1. The Kier molecular flexibility index (Phi) is 5.25. The summed E-state index contributed by atoms with van der Waals surface area (Å²) in [6.07, 6.45) is 0. The SMILES string of the molecule is Cc1ccc(S(=O)(=O)NC(C(=O)n2nc(C)cc2C)C(C)C)cc1. The van der Waals surface area contributed by atoms with Crippen LogP contribution in [0.15, 0.2) is 35.2 Å². The molecule has 6 nitrogen and oxygen atoms in total. The van der Waals surface area contributed by atoms with Crippen molar-refractivity contribution in [1.82, 2.24) is 14.5 Å². The van der Waals surface area contributed by atoms with E-state index in [0.717, 1.165) is 5.56 Å². The van der Waals surface area contributed by atoms with E-state index in [4.69, 9.17) is 0 Å². The summed E-state index contributed by atoms with van der Waals surface area (Å²) in [7, 11) is -3.79. The first-order chi connectivity index (χ1) is 11.1. The molecular weight excluding hydrogens is 326 g/mol. The number of sulfonamides is 1. The number of nitrogens with zero attached hydrogens (tertiary/aromatic N) is 2. The highest BCUT2D eigenvalue weighted by Crippen LogP contribution is 2.15. The smallest absolute Gasteiger partial charge is 0.265 e. The Hall–Kier alpha value is -1.99. The summed E-state index contributed by atoms with van der Waals surface area (Å²) < 4.78 is 29.0. The maximum absolute atomic E-state index is 12.8. The third kappa shape index (κ3) is 3.91. The second-order valence-corrected chi connectivity index (χ2v) is 8.05. The molecule has 1 N–H and O–H groups in total. The van der Waals surface area contributed by atoms with E-state index in [2.05, 4.69) is 9.82 Å². The van der Waals surface area contributed by atoms with Gasteiger partial charge in [-0.2, -0.15) is 9.82 Å². The van der Waals surface area contributed by atoms with Gasteiger partial charge in [0.05, 0.1) is 10.6 Å². The standard InChI is InChI=1S/C17H23N3O3S/c1-11(2)16(17(21)20-14(5)10-13(4)18-20)19-24(22,23)15-8-6-12(3)7-9-15/h6-11,16,19H,1-5H3. The molecule has 1 aromatic carbocycles. The van der Waals surface area contributed by atoms with Gasteiger partial charge >= 0.3 is 0 Å². The zero-order valence-electron chi connectivity index (χ0n) is 14.6. The number of carbonyl (C=O) groups is 1. The summed E-state index contributed by atoms with van der Waals surface area (Å²) in [6.45, 7) is 9.03. The molecule has 1 unspecified atom stereocenters. The number of hydrogen-bond acceptors (Lipinski definition) is 4. The summed E-state index contributed by atoms with van der Waals surface area (Å²) in [4.78, 5) is 12.9. The summed E-state index contributed by atoms with van der Waals surface area (Å²) in [5.74, 6) is -0.604. The predicted octanol–water partition coefficient (Wildman–Crippen LogP) is 2.45. The van der Waals surface area contributed by atoms with Crippen molar-refractivity contribution in [2.24, 2.45) is 5.92 Å². The zero-order chi connectivity index (χ0) is 18.1. The van der Waals surface area contributed by atoms with Crippen molar-refractivity contribution in [2.45, 2.75) is 45.6 Å². The fraction of sp³-hybridized carbons (Fsp3) is 0.412. The van der Waals surface area contributed by atoms with E-state index in [9.17, 15) is 13.2 Å². The molecule has 7 heteroatoms. The molecule has 0 amide bonds. The second-order valence-electron chi connectivity index (χ2n) is 6.33. The van der Waals surface area contributed by atoms with E-state index in [1.54, 1.807) is 45.9 Å². The van der Waals surface area contributed by atoms with Crippen LogP contribution in [-0.2, 0) is 10.0 Å². The molecule has 1 aromatic heterocycles. The van der Waals surface area contributed by atoms with Crippen LogP contribution < -0.4 is 4.72 Å². The minimum Gasteiger partial charge on any atom is -0.271 e. The van der Waals surface area contributed by atoms with E-state index in [-0.39, 0.29) is 16.7 Å². The van der Waals surface area contributed by atoms with E-state index < -0.39 is 16.1 Å². The summed E-state index contributed by atoms with van der Waals surface area (Å²) >= 11 is 0. The van der Waals surface area contributed by atoms with Gasteiger partial charge in [0.2, 0.25) is 10.0 Å². The van der Waals surface area contributed by atoms with E-state index in [0.29, 0.717) is 11.4 Å². The van der Waals surface area contributed by atoms with Crippen LogP contribution in [0.2, 0.25) is 0 Å². The van der Waals surface area contributed by atoms with Gasteiger partial charge in [-0.15, -0.1) is 0 Å². The van der Waals surface area contributed by atoms with Crippen LogP contribution in [0.3, 0.4) is 0 Å². The van der Waals surface area contributed by atoms with Crippen LogP contribution in [0.4, 0.5) is 0 Å². The highest BCUT2D eigenvalue weighted by molar-refractivity contribution is 7.89. The van der Waals surface area contributed by atoms with Crippen molar-refractivity contribution in [3.8, 4) is 0 Å². The Bertz CT molecular complexity index is 836. The van der Waals surface area contributed by atoms with E-state index in [1.807, 2.05) is 6.92 Å². The summed E-state index contributed by atoms with van der Waals surface area (Å²) in [6, 6.07) is 7.40. The Morgan fingerprint density at radius 3 is 2.17 bits per heavy atom. The van der Waals surface area contributed by atoms with Crippen LogP contribution in [0.1, 0.15) is 35.6 Å². The van der Waals surface area contributed by atoms with Crippen molar-refractivity contribution >= 4 is 15.9 Å². The van der Waals surface area contributed by atoms with E-state index in [1.165, 1.54) is 16.8 Å². The molecule has 0 bridgehead atoms. The second kappa shape index (κ2) is 6.86. The van der Waals surface area contributed by atoms with Crippen LogP contribution in [0, 0.1) is 26.7 Å². The average Bonchev–Trinajstić information content (AvgIpc) is 2.83. The van der Waals surface area contributed by atoms with Crippen molar-refractivity contribution in [3.05, 3.63) is 47.3 Å². The Morgan fingerprint density at radius 2 is 1.71 bits per heavy atom. The molecule has 2 rings (SSSR count). The maximum atomic E-state index is 12.8. The van der Waals surface area contributed by atoms with Crippen LogP contribution >= 0.6 is 0 Å². The molecule has 130 valence electrons. The van der Waals surface area contributed by atoms with Gasteiger partial charge in [0, 0.05) is 5.69 Å². The topological polar surface area (TPSA) is 81.1 Å². The van der Waals surface area contributed by atoms with Crippen LogP contribution in [-0.4, -0.2) is 30.1 Å². The molecule has 0 saturated heterocycles. The molecule has 0 aliphatic carbocycles. The number of benzene rings is 1. The lowest BCUT2D eigenvalue weighted by molar-refractivity contribution is 0.0827. The third-order valence-corrected chi connectivity index (χ3v) is 5.22. The lowest BCUT2D eigenvalue weighted by atomic mass is 10.1. The van der Waals surface area contributed by atoms with Crippen molar-refractivity contribution in [3.63, 3.8) is 0 Å². The molecule has 0 spiro atoms. The lowest BCUT2D eigenvalue weighted by Gasteiger charge is -2.21. The first-order valence-corrected chi connectivity index (χ1v) is 9.26. The van der Waals surface area contributed by atoms with Gasteiger partial charge in [0.1, 0.15) is 6.04 Å². The van der Waals surface area contributed by atoms with Crippen LogP contribution in [0.5, 0.6) is 0 Å². The van der Waals surface area contributed by atoms with Crippen molar-refractivity contribution in [2.75, 3.05) is 0 Å². The largest absolute Gasteiger partial charge is 0.271 e. The van der Waals surface area contributed by atoms with Gasteiger partial charge in [-0.3, -0.25) is 4.79 Å². The monoisotopic (exact) mass is 349 g/mol. The highest BCUT2D eigenvalue weighted by Gasteiger charge is 2.30. The van der Waals surface area contributed by atoms with Crippen molar-refractivity contribution < 1.29 is 13.2 Å². The normalized spacial score (nSPS) is 13.2. The molecule has 2 aromatic rings. The third-order valence-electron chi connectivity index (χ3n) is 3.76. The zero-order valence-corrected chi connectivity index (χ0v) is 15.4. The molecule has 0 aliphatic heterocycles. The predicted molar refractivity (Wildman–Crippen MR) is 92.5 cm³/mol. The number of rotatable bonds is 5. The van der Waals surface area contributed by atoms with Gasteiger partial charge in [0.15, 0.2) is 0 Å². The minimum atomic E-state index is -3.79. The van der Waals surface area contributed by atoms with Crippen LogP contribution in [0.25, 0.3) is 0 Å². The lowest BCUT2D eigenvalue weighted by Crippen LogP contribution is -2.47. The molecular formula is C17H23N3O3S.